The smallest absolute Gasteiger partial charge is 0.180 e. The summed E-state index contributed by atoms with van der Waals surface area (Å²) in [7, 11) is 1.66. The Kier molecular flexibility index (Phi) is 4.66. The normalized spacial score (nSPS) is 12.5. The number of fused-ring (bicyclic) bond motifs is 1. The topological polar surface area (TPSA) is 71.7 Å². The second kappa shape index (κ2) is 6.88. The zero-order chi connectivity index (χ0) is 17.1. The van der Waals surface area contributed by atoms with Crippen molar-refractivity contribution in [2.24, 2.45) is 5.92 Å². The average molecular weight is 326 g/mol. The van der Waals surface area contributed by atoms with Gasteiger partial charge in [-0.05, 0) is 18.1 Å². The van der Waals surface area contributed by atoms with E-state index in [1.807, 2.05) is 41.1 Å². The Morgan fingerprint density at radius 3 is 2.75 bits per heavy atom. The molecule has 126 valence electrons. The molecule has 3 aromatic rings. The van der Waals surface area contributed by atoms with Crippen molar-refractivity contribution in [3.8, 4) is 17.0 Å². The molecule has 0 saturated heterocycles. The largest absolute Gasteiger partial charge is 0.496 e. The van der Waals surface area contributed by atoms with Gasteiger partial charge in [0.05, 0.1) is 31.6 Å². The lowest BCUT2D eigenvalue weighted by Crippen LogP contribution is -2.30. The third kappa shape index (κ3) is 2.92. The van der Waals surface area contributed by atoms with E-state index in [4.69, 9.17) is 4.74 Å². The van der Waals surface area contributed by atoms with Crippen LogP contribution in [0, 0.1) is 5.92 Å². The molecule has 6 heteroatoms. The average Bonchev–Trinajstić information content (AvgIpc) is 3.04. The molecule has 0 bridgehead atoms. The van der Waals surface area contributed by atoms with Gasteiger partial charge in [-0.1, -0.05) is 26.0 Å². The highest BCUT2D eigenvalue weighted by Crippen LogP contribution is 2.31. The molecule has 3 rings (SSSR count). The van der Waals surface area contributed by atoms with Crippen molar-refractivity contribution in [2.45, 2.75) is 19.9 Å². The number of aromatic nitrogens is 3. The van der Waals surface area contributed by atoms with Crippen molar-refractivity contribution in [3.63, 3.8) is 0 Å². The van der Waals surface area contributed by atoms with Crippen LogP contribution < -0.4 is 10.1 Å². The van der Waals surface area contributed by atoms with Crippen LogP contribution in [0.4, 0.5) is 5.82 Å². The van der Waals surface area contributed by atoms with Gasteiger partial charge in [-0.3, -0.25) is 4.40 Å². The lowest BCUT2D eigenvalue weighted by Gasteiger charge is -2.20. The first-order valence-corrected chi connectivity index (χ1v) is 7.98. The SMILES string of the molecule is COc1ccccc1-c1cnc2c(NC(CO)C(C)C)nccn12. The van der Waals surface area contributed by atoms with Gasteiger partial charge in [-0.2, -0.15) is 0 Å². The minimum atomic E-state index is -0.0740. The Labute approximate surface area is 141 Å². The number of aliphatic hydroxyl groups excluding tert-OH is 1. The molecule has 0 radical (unpaired) electrons. The van der Waals surface area contributed by atoms with Crippen LogP contribution in [0.5, 0.6) is 5.75 Å². The van der Waals surface area contributed by atoms with Crippen LogP contribution in [0.15, 0.2) is 42.9 Å². The predicted octanol–water partition coefficient (Wildman–Crippen LogP) is 2.83. The molecular weight excluding hydrogens is 304 g/mol. The third-order valence-corrected chi connectivity index (χ3v) is 4.13. The number of imidazole rings is 1. The van der Waals surface area contributed by atoms with E-state index in [9.17, 15) is 5.11 Å². The molecular formula is C18H22N4O2. The summed E-state index contributed by atoms with van der Waals surface area (Å²) in [6.45, 7) is 4.15. The van der Waals surface area contributed by atoms with Crippen LogP contribution in [0.25, 0.3) is 16.9 Å². The molecule has 0 amide bonds. The predicted molar refractivity (Wildman–Crippen MR) is 94.3 cm³/mol. The molecule has 0 spiro atoms. The highest BCUT2D eigenvalue weighted by molar-refractivity contribution is 5.74. The van der Waals surface area contributed by atoms with Crippen LogP contribution in [-0.4, -0.2) is 39.2 Å². The van der Waals surface area contributed by atoms with Crippen LogP contribution in [0.3, 0.4) is 0 Å². The minimum absolute atomic E-state index is 0.0421. The molecule has 0 aliphatic carbocycles. The lowest BCUT2D eigenvalue weighted by atomic mass is 10.1. The Balaban J connectivity index is 2.07. The molecule has 24 heavy (non-hydrogen) atoms. The van der Waals surface area contributed by atoms with Gasteiger partial charge in [0.2, 0.25) is 0 Å². The third-order valence-electron chi connectivity index (χ3n) is 4.13. The van der Waals surface area contributed by atoms with E-state index in [2.05, 4.69) is 29.1 Å². The maximum absolute atomic E-state index is 9.55. The molecule has 2 aromatic heterocycles. The highest BCUT2D eigenvalue weighted by Gasteiger charge is 2.17. The van der Waals surface area contributed by atoms with Gasteiger partial charge in [0, 0.05) is 18.0 Å². The quantitative estimate of drug-likeness (QED) is 0.729. The monoisotopic (exact) mass is 326 g/mol. The number of methoxy groups -OCH3 is 1. The van der Waals surface area contributed by atoms with Crippen LogP contribution in [0.1, 0.15) is 13.8 Å². The summed E-state index contributed by atoms with van der Waals surface area (Å²) in [6, 6.07) is 7.76. The first-order valence-electron chi connectivity index (χ1n) is 7.98. The molecule has 0 aliphatic heterocycles. The first kappa shape index (κ1) is 16.3. The maximum Gasteiger partial charge on any atom is 0.180 e. The molecule has 1 aromatic carbocycles. The van der Waals surface area contributed by atoms with Gasteiger partial charge >= 0.3 is 0 Å². The molecule has 1 atom stereocenters. The van der Waals surface area contributed by atoms with Crippen LogP contribution >= 0.6 is 0 Å². The summed E-state index contributed by atoms with van der Waals surface area (Å²) in [5, 5.41) is 12.8. The van der Waals surface area contributed by atoms with Crippen LogP contribution in [-0.2, 0) is 0 Å². The van der Waals surface area contributed by atoms with Gasteiger partial charge in [0.15, 0.2) is 11.5 Å². The number of para-hydroxylation sites is 1. The van der Waals surface area contributed by atoms with E-state index in [1.54, 1.807) is 13.3 Å². The van der Waals surface area contributed by atoms with Crippen LogP contribution in [0.2, 0.25) is 0 Å². The lowest BCUT2D eigenvalue weighted by molar-refractivity contribution is 0.249. The van der Waals surface area contributed by atoms with E-state index >= 15 is 0 Å². The molecule has 0 aliphatic rings. The summed E-state index contributed by atoms with van der Waals surface area (Å²) in [5.74, 6) is 1.73. The van der Waals surface area contributed by atoms with Crippen molar-refractivity contribution < 1.29 is 9.84 Å². The van der Waals surface area contributed by atoms with Crippen molar-refractivity contribution >= 4 is 11.5 Å². The number of hydrogen-bond acceptors (Lipinski definition) is 5. The molecule has 2 heterocycles. The zero-order valence-electron chi connectivity index (χ0n) is 14.1. The fourth-order valence-corrected chi connectivity index (χ4v) is 2.68. The second-order valence-corrected chi connectivity index (χ2v) is 5.99. The number of rotatable bonds is 6. The number of aliphatic hydroxyl groups is 1. The van der Waals surface area contributed by atoms with E-state index in [-0.39, 0.29) is 18.6 Å². The van der Waals surface area contributed by atoms with Crippen molar-refractivity contribution in [2.75, 3.05) is 19.0 Å². The van der Waals surface area contributed by atoms with Crippen molar-refractivity contribution in [1.82, 2.24) is 14.4 Å². The fourth-order valence-electron chi connectivity index (χ4n) is 2.68. The Morgan fingerprint density at radius 1 is 1.25 bits per heavy atom. The number of benzene rings is 1. The van der Waals surface area contributed by atoms with E-state index < -0.39 is 0 Å². The summed E-state index contributed by atoms with van der Waals surface area (Å²) < 4.78 is 7.43. The highest BCUT2D eigenvalue weighted by atomic mass is 16.5. The van der Waals surface area contributed by atoms with Gasteiger partial charge in [0.25, 0.3) is 0 Å². The Hall–Kier alpha value is -2.60. The van der Waals surface area contributed by atoms with Gasteiger partial charge in [0.1, 0.15) is 5.75 Å². The van der Waals surface area contributed by atoms with Gasteiger partial charge in [-0.15, -0.1) is 0 Å². The molecule has 0 saturated carbocycles. The summed E-state index contributed by atoms with van der Waals surface area (Å²) in [5.41, 5.74) is 2.61. The summed E-state index contributed by atoms with van der Waals surface area (Å²) >= 11 is 0. The number of ether oxygens (including phenoxy) is 1. The Morgan fingerprint density at radius 2 is 2.04 bits per heavy atom. The van der Waals surface area contributed by atoms with Crippen molar-refractivity contribution in [3.05, 3.63) is 42.9 Å². The standard InChI is InChI=1S/C18H22N4O2/c1-12(2)14(11-23)21-17-18-20-10-15(22(18)9-8-19-17)13-6-4-5-7-16(13)24-3/h4-10,12,14,23H,11H2,1-3H3,(H,19,21). The molecule has 0 fully saturated rings. The number of nitrogens with zero attached hydrogens (tertiary/aromatic N) is 3. The first-order chi connectivity index (χ1) is 11.7. The maximum atomic E-state index is 9.55. The van der Waals surface area contributed by atoms with Gasteiger partial charge < -0.3 is 15.2 Å². The second-order valence-electron chi connectivity index (χ2n) is 5.99. The molecule has 6 nitrogen and oxygen atoms in total. The van der Waals surface area contributed by atoms with E-state index in [1.165, 1.54) is 0 Å². The van der Waals surface area contributed by atoms with Crippen molar-refractivity contribution in [1.29, 1.82) is 0 Å². The number of nitrogens with one attached hydrogen (secondary N) is 1. The number of anilines is 1. The summed E-state index contributed by atoms with van der Waals surface area (Å²) in [4.78, 5) is 8.91. The molecule has 2 N–H and O–H groups in total. The molecule has 1 unspecified atom stereocenters. The fraction of sp³-hybridized carbons (Fsp3) is 0.333. The Bertz CT molecular complexity index is 829. The zero-order valence-corrected chi connectivity index (χ0v) is 14.1. The summed E-state index contributed by atoms with van der Waals surface area (Å²) in [6.07, 6.45) is 5.41. The number of hydrogen-bond donors (Lipinski definition) is 2. The van der Waals surface area contributed by atoms with Gasteiger partial charge in [-0.25, -0.2) is 9.97 Å². The minimum Gasteiger partial charge on any atom is -0.496 e. The van der Waals surface area contributed by atoms with E-state index in [0.717, 1.165) is 22.7 Å². The van der Waals surface area contributed by atoms with E-state index in [0.29, 0.717) is 5.82 Å².